The standard InChI is InChI=1S/C10H12IN3O2/c11-7-1-3-8(4-2-7)13-9(15)5-6-10(16)14-12/h1-4H,5-6,12H2,(H,13,15)(H,14,16). The molecule has 0 aliphatic heterocycles. The van der Waals surface area contributed by atoms with E-state index in [4.69, 9.17) is 5.84 Å². The second kappa shape index (κ2) is 6.44. The quantitative estimate of drug-likeness (QED) is 0.333. The lowest BCUT2D eigenvalue weighted by molar-refractivity contribution is -0.124. The van der Waals surface area contributed by atoms with Crippen LogP contribution in [-0.4, -0.2) is 11.8 Å². The molecule has 0 atom stereocenters. The molecular formula is C10H12IN3O2. The van der Waals surface area contributed by atoms with E-state index in [1.165, 1.54) is 0 Å². The number of anilines is 1. The van der Waals surface area contributed by atoms with Crippen molar-refractivity contribution in [3.8, 4) is 0 Å². The molecular weight excluding hydrogens is 321 g/mol. The van der Waals surface area contributed by atoms with Gasteiger partial charge < -0.3 is 5.32 Å². The average molecular weight is 333 g/mol. The first-order chi connectivity index (χ1) is 7.61. The predicted molar refractivity (Wildman–Crippen MR) is 69.4 cm³/mol. The number of hydrogen-bond donors (Lipinski definition) is 3. The zero-order valence-corrected chi connectivity index (χ0v) is 10.7. The molecule has 0 saturated carbocycles. The van der Waals surface area contributed by atoms with Crippen LogP contribution in [-0.2, 0) is 9.59 Å². The SMILES string of the molecule is NNC(=O)CCC(=O)Nc1ccc(I)cc1. The van der Waals surface area contributed by atoms with Crippen molar-refractivity contribution in [2.24, 2.45) is 5.84 Å². The highest BCUT2D eigenvalue weighted by atomic mass is 127. The van der Waals surface area contributed by atoms with Crippen LogP contribution in [0.25, 0.3) is 0 Å². The summed E-state index contributed by atoms with van der Waals surface area (Å²) in [5.41, 5.74) is 2.69. The van der Waals surface area contributed by atoms with Gasteiger partial charge in [-0.25, -0.2) is 5.84 Å². The van der Waals surface area contributed by atoms with E-state index in [0.29, 0.717) is 0 Å². The number of rotatable bonds is 4. The summed E-state index contributed by atoms with van der Waals surface area (Å²) < 4.78 is 1.10. The zero-order chi connectivity index (χ0) is 12.0. The highest BCUT2D eigenvalue weighted by Gasteiger charge is 2.05. The lowest BCUT2D eigenvalue weighted by Crippen LogP contribution is -2.30. The molecule has 16 heavy (non-hydrogen) atoms. The largest absolute Gasteiger partial charge is 0.326 e. The summed E-state index contributed by atoms with van der Waals surface area (Å²) in [5, 5.41) is 2.69. The number of nitrogens with two attached hydrogens (primary N) is 1. The number of hydrogen-bond acceptors (Lipinski definition) is 3. The summed E-state index contributed by atoms with van der Waals surface area (Å²) >= 11 is 2.18. The van der Waals surface area contributed by atoms with Gasteiger partial charge in [0.25, 0.3) is 0 Å². The van der Waals surface area contributed by atoms with E-state index in [2.05, 4.69) is 27.9 Å². The van der Waals surface area contributed by atoms with Gasteiger partial charge in [-0.1, -0.05) is 0 Å². The normalized spacial score (nSPS) is 9.62. The van der Waals surface area contributed by atoms with Crippen molar-refractivity contribution in [3.63, 3.8) is 0 Å². The maximum Gasteiger partial charge on any atom is 0.234 e. The third kappa shape index (κ3) is 4.58. The third-order valence-electron chi connectivity index (χ3n) is 1.87. The summed E-state index contributed by atoms with van der Waals surface area (Å²) in [4.78, 5) is 22.2. The van der Waals surface area contributed by atoms with Crippen molar-refractivity contribution < 1.29 is 9.59 Å². The minimum atomic E-state index is -0.349. The molecule has 0 saturated heterocycles. The average Bonchev–Trinajstić information content (AvgIpc) is 2.29. The van der Waals surface area contributed by atoms with Crippen molar-refractivity contribution >= 4 is 40.1 Å². The van der Waals surface area contributed by atoms with Crippen LogP contribution in [0.1, 0.15) is 12.8 Å². The molecule has 0 bridgehead atoms. The Morgan fingerprint density at radius 2 is 1.69 bits per heavy atom. The Kier molecular flexibility index (Phi) is 5.20. The van der Waals surface area contributed by atoms with Gasteiger partial charge in [-0.2, -0.15) is 0 Å². The first-order valence-electron chi connectivity index (χ1n) is 4.66. The summed E-state index contributed by atoms with van der Waals surface area (Å²) in [5.74, 6) is 4.34. The van der Waals surface area contributed by atoms with Crippen LogP contribution in [0.3, 0.4) is 0 Å². The Balaban J connectivity index is 2.40. The summed E-state index contributed by atoms with van der Waals surface area (Å²) in [6.07, 6.45) is 0.210. The number of hydrazine groups is 1. The maximum absolute atomic E-state index is 11.4. The van der Waals surface area contributed by atoms with Crippen LogP contribution in [0.15, 0.2) is 24.3 Å². The number of halogens is 1. The summed E-state index contributed by atoms with van der Waals surface area (Å²) in [6.45, 7) is 0. The topological polar surface area (TPSA) is 84.2 Å². The lowest BCUT2D eigenvalue weighted by atomic mass is 10.2. The van der Waals surface area contributed by atoms with E-state index >= 15 is 0 Å². The molecule has 6 heteroatoms. The Hall–Kier alpha value is -1.15. The van der Waals surface area contributed by atoms with E-state index < -0.39 is 0 Å². The van der Waals surface area contributed by atoms with E-state index in [0.717, 1.165) is 9.26 Å². The zero-order valence-electron chi connectivity index (χ0n) is 8.50. The smallest absolute Gasteiger partial charge is 0.234 e. The molecule has 1 aromatic rings. The number of amides is 2. The van der Waals surface area contributed by atoms with Crippen LogP contribution in [0.5, 0.6) is 0 Å². The molecule has 0 heterocycles. The fraction of sp³-hybridized carbons (Fsp3) is 0.200. The molecule has 0 aliphatic rings. The van der Waals surface area contributed by atoms with Crippen molar-refractivity contribution in [2.75, 3.05) is 5.32 Å². The van der Waals surface area contributed by atoms with Crippen LogP contribution in [0, 0.1) is 3.57 Å². The molecule has 0 fully saturated rings. The van der Waals surface area contributed by atoms with Crippen LogP contribution in [0.4, 0.5) is 5.69 Å². The Morgan fingerprint density at radius 1 is 1.12 bits per heavy atom. The first-order valence-corrected chi connectivity index (χ1v) is 5.74. The molecule has 0 aliphatic carbocycles. The molecule has 0 unspecified atom stereocenters. The van der Waals surface area contributed by atoms with Gasteiger partial charge in [-0.15, -0.1) is 0 Å². The van der Waals surface area contributed by atoms with Crippen LogP contribution in [0.2, 0.25) is 0 Å². The Morgan fingerprint density at radius 3 is 2.25 bits per heavy atom. The predicted octanol–water partition coefficient (Wildman–Crippen LogP) is 1.000. The molecule has 2 amide bonds. The molecule has 1 aromatic carbocycles. The van der Waals surface area contributed by atoms with Gasteiger partial charge in [0.05, 0.1) is 0 Å². The van der Waals surface area contributed by atoms with Crippen molar-refractivity contribution in [1.29, 1.82) is 0 Å². The number of nitrogens with one attached hydrogen (secondary N) is 2. The fourth-order valence-electron chi connectivity index (χ4n) is 1.06. The Bertz CT molecular complexity index is 378. The third-order valence-corrected chi connectivity index (χ3v) is 2.59. The molecule has 0 aromatic heterocycles. The highest BCUT2D eigenvalue weighted by molar-refractivity contribution is 14.1. The van der Waals surface area contributed by atoms with E-state index in [1.807, 2.05) is 29.7 Å². The monoisotopic (exact) mass is 333 g/mol. The van der Waals surface area contributed by atoms with Crippen molar-refractivity contribution in [2.45, 2.75) is 12.8 Å². The highest BCUT2D eigenvalue weighted by Crippen LogP contribution is 2.11. The van der Waals surface area contributed by atoms with Gasteiger partial charge in [-0.3, -0.25) is 15.0 Å². The second-order valence-corrected chi connectivity index (χ2v) is 4.37. The summed E-state index contributed by atoms with van der Waals surface area (Å²) in [6, 6.07) is 7.40. The van der Waals surface area contributed by atoms with E-state index in [1.54, 1.807) is 0 Å². The van der Waals surface area contributed by atoms with Gasteiger partial charge >= 0.3 is 0 Å². The van der Waals surface area contributed by atoms with Gasteiger partial charge in [0, 0.05) is 22.1 Å². The van der Waals surface area contributed by atoms with Crippen molar-refractivity contribution in [3.05, 3.63) is 27.8 Å². The van der Waals surface area contributed by atoms with Gasteiger partial charge in [0.15, 0.2) is 0 Å². The van der Waals surface area contributed by atoms with Crippen molar-refractivity contribution in [1.82, 2.24) is 5.43 Å². The van der Waals surface area contributed by atoms with Gasteiger partial charge in [-0.05, 0) is 46.9 Å². The molecule has 5 nitrogen and oxygen atoms in total. The number of carbonyl (C=O) groups is 2. The fourth-order valence-corrected chi connectivity index (χ4v) is 1.42. The Labute approximate surface area is 107 Å². The minimum Gasteiger partial charge on any atom is -0.326 e. The van der Waals surface area contributed by atoms with Gasteiger partial charge in [0.2, 0.25) is 11.8 Å². The lowest BCUT2D eigenvalue weighted by Gasteiger charge is -2.04. The van der Waals surface area contributed by atoms with E-state index in [9.17, 15) is 9.59 Å². The van der Waals surface area contributed by atoms with Crippen LogP contribution >= 0.6 is 22.6 Å². The number of benzene rings is 1. The first kappa shape index (κ1) is 12.9. The minimum absolute atomic E-state index is 0.0900. The molecule has 0 radical (unpaired) electrons. The second-order valence-electron chi connectivity index (χ2n) is 3.12. The molecule has 86 valence electrons. The number of carbonyl (C=O) groups excluding carboxylic acids is 2. The maximum atomic E-state index is 11.4. The van der Waals surface area contributed by atoms with E-state index in [-0.39, 0.29) is 24.7 Å². The molecule has 1 rings (SSSR count). The summed E-state index contributed by atoms with van der Waals surface area (Å²) in [7, 11) is 0. The molecule has 4 N–H and O–H groups in total. The van der Waals surface area contributed by atoms with Crippen LogP contribution < -0.4 is 16.6 Å². The van der Waals surface area contributed by atoms with Gasteiger partial charge in [0.1, 0.15) is 0 Å². The molecule has 0 spiro atoms.